The van der Waals surface area contributed by atoms with E-state index in [9.17, 15) is 35.7 Å². The van der Waals surface area contributed by atoms with Gasteiger partial charge in [0.15, 0.2) is 0 Å². The van der Waals surface area contributed by atoms with Crippen molar-refractivity contribution in [1.29, 1.82) is 0 Å². The Kier molecular flexibility index (Phi) is 18.4. The summed E-state index contributed by atoms with van der Waals surface area (Å²) in [6.07, 6.45) is 1.53. The van der Waals surface area contributed by atoms with Crippen LogP contribution in [0.4, 0.5) is 0 Å². The highest BCUT2D eigenvalue weighted by Crippen LogP contribution is 2.46. The summed E-state index contributed by atoms with van der Waals surface area (Å²) >= 11 is 13.9. The summed E-state index contributed by atoms with van der Waals surface area (Å²) in [7, 11) is 3.16. The van der Waals surface area contributed by atoms with E-state index in [2.05, 4.69) is 13.8 Å². The Morgan fingerprint density at radius 2 is 1.15 bits per heavy atom. The summed E-state index contributed by atoms with van der Waals surface area (Å²) in [6, 6.07) is 6.80. The Morgan fingerprint density at radius 1 is 0.673 bits per heavy atom. The van der Waals surface area contributed by atoms with Gasteiger partial charge in [-0.2, -0.15) is 0 Å². The lowest BCUT2D eigenvalue weighted by atomic mass is 9.85. The third kappa shape index (κ3) is 12.0. The van der Waals surface area contributed by atoms with E-state index in [1.54, 1.807) is 38.5 Å². The highest BCUT2D eigenvalue weighted by molar-refractivity contribution is 6.20. The van der Waals surface area contributed by atoms with Crippen LogP contribution in [0, 0.1) is 0 Å². The molecule has 11 nitrogen and oxygen atoms in total. The first-order valence-corrected chi connectivity index (χ1v) is 21.0. The fourth-order valence-corrected chi connectivity index (χ4v) is 8.87. The maximum Gasteiger partial charge on any atom is 0.229 e. The van der Waals surface area contributed by atoms with Crippen LogP contribution in [0.3, 0.4) is 0 Å². The van der Waals surface area contributed by atoms with Crippen molar-refractivity contribution in [2.75, 3.05) is 20.8 Å². The molecule has 0 spiro atoms. The Bertz CT molecular complexity index is 1440. The van der Waals surface area contributed by atoms with Crippen LogP contribution in [-0.4, -0.2) is 98.0 Å². The van der Waals surface area contributed by atoms with Crippen molar-refractivity contribution in [3.63, 3.8) is 0 Å². The predicted octanol–water partition coefficient (Wildman–Crippen LogP) is 7.95. The Hall–Kier alpha value is -2.06. The van der Waals surface area contributed by atoms with Gasteiger partial charge in [0.2, 0.25) is 6.29 Å². The molecule has 7 N–H and O–H groups in total. The molecule has 4 bridgehead atoms. The van der Waals surface area contributed by atoms with Gasteiger partial charge in [0.05, 0.1) is 18.8 Å². The summed E-state index contributed by atoms with van der Waals surface area (Å²) in [4.78, 5) is 0. The molecule has 0 aromatic heterocycles. The predicted molar refractivity (Wildman–Crippen MR) is 213 cm³/mol. The number of aliphatic hydroxyl groups is 4. The molecule has 0 radical (unpaired) electrons. The number of rotatable bonds is 11. The second kappa shape index (κ2) is 22.2. The quantitative estimate of drug-likeness (QED) is 0.110. The molecule has 0 unspecified atom stereocenters. The molecule has 1 aliphatic heterocycles. The third-order valence-corrected chi connectivity index (χ3v) is 12.2. The summed E-state index contributed by atoms with van der Waals surface area (Å²) in [5.74, 6) is 0.0461. The molecule has 5 aliphatic rings. The molecular formula is C42H64Cl2O11. The van der Waals surface area contributed by atoms with E-state index in [0.29, 0.717) is 73.6 Å². The van der Waals surface area contributed by atoms with Gasteiger partial charge < -0.3 is 54.7 Å². The first-order chi connectivity index (χ1) is 26.4. The number of phenolic OH excluding ortho intramolecular Hbond substituents is 3. The number of aliphatic hydroxyl groups excluding tert-OH is 4. The lowest BCUT2D eigenvalue weighted by Gasteiger charge is -2.40. The maximum atomic E-state index is 11.8. The molecule has 0 saturated carbocycles. The number of methoxy groups -OCH3 is 2. The minimum absolute atomic E-state index is 0.0169. The zero-order valence-corrected chi connectivity index (χ0v) is 34.3. The smallest absolute Gasteiger partial charge is 0.229 e. The summed E-state index contributed by atoms with van der Waals surface area (Å²) in [5.41, 5.74) is 2.29. The molecule has 1 heterocycles. The molecule has 4 aliphatic carbocycles. The topological polar surface area (TPSA) is 179 Å². The highest BCUT2D eigenvalue weighted by Gasteiger charge is 2.45. The van der Waals surface area contributed by atoms with Crippen LogP contribution in [0.25, 0.3) is 0 Å². The number of aromatic hydroxyl groups is 3. The van der Waals surface area contributed by atoms with Crippen molar-refractivity contribution in [3.8, 4) is 23.0 Å². The van der Waals surface area contributed by atoms with E-state index in [4.69, 9.17) is 42.1 Å². The summed E-state index contributed by atoms with van der Waals surface area (Å²) < 4.78 is 23.9. The molecule has 55 heavy (non-hydrogen) atoms. The molecule has 2 aromatic carbocycles. The van der Waals surface area contributed by atoms with E-state index in [0.717, 1.165) is 38.5 Å². The van der Waals surface area contributed by atoms with E-state index in [1.165, 1.54) is 0 Å². The van der Waals surface area contributed by atoms with Crippen molar-refractivity contribution < 1.29 is 54.7 Å². The summed E-state index contributed by atoms with van der Waals surface area (Å²) in [6.45, 7) is 3.59. The SMILES string of the molecule is CCCC[C@H]1CCC[C@@H](Cl)C[C@@H](OC)c2cc(O)c(c(O[C@@H]3O[C@H](CO)[C@@H](O)[C@H](O)[C@@H]3O)c2)[C@@H](CCCC)CCC[C@@H](Cl)C[C@@H](OC)c2cc(O)c1c(O)c2. The standard InChI is InChI=1S/C42H64Cl2O11/c1-5-7-11-24-13-9-15-29(44)22-34(53-4)27-19-32(48)38(35(20-27)54-42-41(51)40(50)39(49)36(23-45)55-42)25(12-8-6-2)14-10-16-28(43)21-33(52-3)26-17-30(46)37(24)31(47)18-26/h17-20,24-25,28-29,33-34,36,39-42,45-51H,5-16,21-23H2,1-4H3/t24-,25-,28+,29+,33+,34+,36+,39+,40-,41-,42+/m0/s1. The van der Waals surface area contributed by atoms with Gasteiger partial charge in [-0.25, -0.2) is 0 Å². The van der Waals surface area contributed by atoms with Crippen LogP contribution in [0.1, 0.15) is 150 Å². The van der Waals surface area contributed by atoms with Crippen molar-refractivity contribution in [1.82, 2.24) is 0 Å². The number of alkyl halides is 2. The van der Waals surface area contributed by atoms with Crippen LogP contribution in [0.5, 0.6) is 23.0 Å². The Balaban J connectivity index is 1.75. The Labute approximate surface area is 336 Å². The fourth-order valence-electron chi connectivity index (χ4n) is 8.24. The number of ether oxygens (including phenoxy) is 4. The van der Waals surface area contributed by atoms with E-state index >= 15 is 0 Å². The number of hydrogen-bond donors (Lipinski definition) is 7. The normalized spacial score (nSPS) is 31.5. The summed E-state index contributed by atoms with van der Waals surface area (Å²) in [5, 5.41) is 75.5. The van der Waals surface area contributed by atoms with Gasteiger partial charge in [-0.1, -0.05) is 52.4 Å². The molecule has 13 heteroatoms. The lowest BCUT2D eigenvalue weighted by molar-refractivity contribution is -0.277. The molecule has 11 atom stereocenters. The largest absolute Gasteiger partial charge is 0.508 e. The van der Waals surface area contributed by atoms with Crippen LogP contribution in [-0.2, 0) is 14.2 Å². The third-order valence-electron chi connectivity index (χ3n) is 11.4. The van der Waals surface area contributed by atoms with E-state index < -0.39 is 49.5 Å². The van der Waals surface area contributed by atoms with Crippen molar-refractivity contribution in [2.24, 2.45) is 0 Å². The van der Waals surface area contributed by atoms with Gasteiger partial charge in [-0.05, 0) is 98.6 Å². The van der Waals surface area contributed by atoms with Gasteiger partial charge in [-0.3, -0.25) is 0 Å². The molecule has 2 aromatic rings. The van der Waals surface area contributed by atoms with Gasteiger partial charge in [-0.15, -0.1) is 23.2 Å². The van der Waals surface area contributed by atoms with Crippen molar-refractivity contribution in [2.45, 2.75) is 169 Å². The first kappa shape index (κ1) is 45.6. The van der Waals surface area contributed by atoms with Gasteiger partial charge in [0.1, 0.15) is 47.4 Å². The number of unbranched alkanes of at least 4 members (excludes halogenated alkanes) is 2. The molecule has 0 amide bonds. The maximum absolute atomic E-state index is 11.8. The van der Waals surface area contributed by atoms with E-state index in [1.807, 2.05) is 0 Å². The molecule has 7 rings (SSSR count). The fraction of sp³-hybridized carbons (Fsp3) is 0.714. The number of halogens is 2. The monoisotopic (exact) mass is 814 g/mol. The van der Waals surface area contributed by atoms with Gasteiger partial charge in [0.25, 0.3) is 0 Å². The second-order valence-corrected chi connectivity index (χ2v) is 16.6. The minimum Gasteiger partial charge on any atom is -0.508 e. The molecule has 312 valence electrons. The number of benzene rings is 2. The lowest BCUT2D eigenvalue weighted by Crippen LogP contribution is -2.60. The van der Waals surface area contributed by atoms with Crippen LogP contribution in [0.2, 0.25) is 0 Å². The van der Waals surface area contributed by atoms with Crippen molar-refractivity contribution in [3.05, 3.63) is 46.5 Å². The number of phenols is 3. The Morgan fingerprint density at radius 3 is 1.62 bits per heavy atom. The second-order valence-electron chi connectivity index (χ2n) is 15.4. The molecular weight excluding hydrogens is 751 g/mol. The minimum atomic E-state index is -1.64. The average Bonchev–Trinajstić information content (AvgIpc) is 3.15. The zero-order chi connectivity index (χ0) is 40.2. The zero-order valence-electron chi connectivity index (χ0n) is 32.8. The molecule has 1 saturated heterocycles. The van der Waals surface area contributed by atoms with E-state index in [-0.39, 0.29) is 45.6 Å². The highest BCUT2D eigenvalue weighted by atomic mass is 35.5. The van der Waals surface area contributed by atoms with Crippen molar-refractivity contribution >= 4 is 23.2 Å². The van der Waals surface area contributed by atoms with Crippen LogP contribution >= 0.6 is 23.2 Å². The van der Waals surface area contributed by atoms with Gasteiger partial charge in [0, 0.05) is 36.1 Å². The average molecular weight is 816 g/mol. The van der Waals surface area contributed by atoms with Gasteiger partial charge >= 0.3 is 0 Å². The first-order valence-electron chi connectivity index (χ1n) is 20.1. The van der Waals surface area contributed by atoms with Crippen LogP contribution < -0.4 is 4.74 Å². The number of hydrogen-bond acceptors (Lipinski definition) is 11. The van der Waals surface area contributed by atoms with Crippen LogP contribution in [0.15, 0.2) is 24.3 Å². The molecule has 1 fully saturated rings.